The normalized spacial score (nSPS) is 19.0. The fourth-order valence-electron chi connectivity index (χ4n) is 10.9. The molecule has 0 aliphatic carbocycles. The highest BCUT2D eigenvalue weighted by molar-refractivity contribution is 5.80. The zero-order chi connectivity index (χ0) is 56.1. The molecule has 456 valence electrons. The van der Waals surface area contributed by atoms with Gasteiger partial charge in [-0.2, -0.15) is 0 Å². The van der Waals surface area contributed by atoms with Crippen LogP contribution in [0.2, 0.25) is 0 Å². The fourth-order valence-corrected chi connectivity index (χ4v) is 10.9. The number of hydrogen-bond acceptors (Lipinski definition) is 10. The molecule has 0 spiro atoms. The van der Waals surface area contributed by atoms with Gasteiger partial charge in [-0.25, -0.2) is 0 Å². The topological polar surface area (TPSA) is 175 Å². The first kappa shape index (κ1) is 73.4. The molecule has 1 aliphatic heterocycles. The van der Waals surface area contributed by atoms with Gasteiger partial charge in [0, 0.05) is 6.42 Å². The van der Waals surface area contributed by atoms with Crippen molar-refractivity contribution in [1.82, 2.24) is 5.32 Å². The SMILES string of the molecule is CCCCCCCCCCCC/C=C/C(O)C(COC1OC(CO)C(O)C(O)C1OC(=O)CCCCCCCCCCCCCCCC)NC(=O)C(O)CCCCCCCCCCCCCCCCCCCCCCCC. The van der Waals surface area contributed by atoms with Gasteiger partial charge in [-0.1, -0.05) is 315 Å². The van der Waals surface area contributed by atoms with Gasteiger partial charge in [0.15, 0.2) is 12.4 Å². The number of nitrogens with one attached hydrogen (secondary N) is 1. The molecule has 1 amide bonds. The number of unbranched alkanes of at least 4 members (excludes halogenated alkanes) is 44. The minimum absolute atomic E-state index is 0.131. The van der Waals surface area contributed by atoms with Gasteiger partial charge in [0.05, 0.1) is 25.4 Å². The summed E-state index contributed by atoms with van der Waals surface area (Å²) in [7, 11) is 0. The summed E-state index contributed by atoms with van der Waals surface area (Å²) in [6.07, 6.45) is 52.6. The van der Waals surface area contributed by atoms with Gasteiger partial charge in [-0.15, -0.1) is 0 Å². The Hall–Kier alpha value is -1.60. The van der Waals surface area contributed by atoms with E-state index in [1.807, 2.05) is 6.08 Å². The van der Waals surface area contributed by atoms with Crippen LogP contribution in [0.3, 0.4) is 0 Å². The van der Waals surface area contributed by atoms with Crippen LogP contribution < -0.4 is 5.32 Å². The molecule has 0 aromatic carbocycles. The predicted molar refractivity (Wildman–Crippen MR) is 320 cm³/mol. The Morgan fingerprint density at radius 2 is 0.844 bits per heavy atom. The summed E-state index contributed by atoms with van der Waals surface area (Å²) in [6, 6.07) is -1.02. The molecule has 11 heteroatoms. The Bertz CT molecular complexity index is 1300. The van der Waals surface area contributed by atoms with Crippen molar-refractivity contribution in [3.05, 3.63) is 12.2 Å². The highest BCUT2D eigenvalue weighted by Gasteiger charge is 2.47. The van der Waals surface area contributed by atoms with E-state index in [9.17, 15) is 35.1 Å². The molecule has 1 rings (SSSR count). The minimum atomic E-state index is -1.61. The summed E-state index contributed by atoms with van der Waals surface area (Å²) in [5.41, 5.74) is 0. The Balaban J connectivity index is 2.59. The molecule has 1 saturated heterocycles. The Labute approximate surface area is 474 Å². The van der Waals surface area contributed by atoms with E-state index in [1.165, 1.54) is 231 Å². The van der Waals surface area contributed by atoms with Crippen LogP contribution in [0.25, 0.3) is 0 Å². The summed E-state index contributed by atoms with van der Waals surface area (Å²) >= 11 is 0. The van der Waals surface area contributed by atoms with Gasteiger partial charge in [0.25, 0.3) is 0 Å². The molecule has 0 aromatic rings. The van der Waals surface area contributed by atoms with E-state index in [0.29, 0.717) is 19.3 Å². The Morgan fingerprint density at radius 1 is 0.494 bits per heavy atom. The highest BCUT2D eigenvalue weighted by Crippen LogP contribution is 2.26. The number of esters is 1. The lowest BCUT2D eigenvalue weighted by Crippen LogP contribution is -2.61. The van der Waals surface area contributed by atoms with E-state index in [4.69, 9.17) is 14.2 Å². The second-order valence-corrected chi connectivity index (χ2v) is 23.6. The maximum Gasteiger partial charge on any atom is 0.306 e. The molecule has 0 saturated carbocycles. The molecule has 0 aromatic heterocycles. The van der Waals surface area contributed by atoms with Crippen LogP contribution in [-0.2, 0) is 23.8 Å². The molecular weight excluding hydrogens is 967 g/mol. The van der Waals surface area contributed by atoms with E-state index >= 15 is 0 Å². The first-order valence-corrected chi connectivity index (χ1v) is 33.5. The number of hydrogen-bond donors (Lipinski definition) is 6. The number of carbonyl (C=O) groups excluding carboxylic acids is 2. The van der Waals surface area contributed by atoms with Crippen molar-refractivity contribution >= 4 is 11.9 Å². The van der Waals surface area contributed by atoms with E-state index in [-0.39, 0.29) is 13.0 Å². The second kappa shape index (κ2) is 55.0. The second-order valence-electron chi connectivity index (χ2n) is 23.6. The van der Waals surface area contributed by atoms with Crippen molar-refractivity contribution in [3.8, 4) is 0 Å². The van der Waals surface area contributed by atoms with E-state index < -0.39 is 67.4 Å². The molecule has 0 bridgehead atoms. The van der Waals surface area contributed by atoms with Gasteiger partial charge >= 0.3 is 5.97 Å². The quantitative estimate of drug-likeness (QED) is 0.0195. The lowest BCUT2D eigenvalue weighted by atomic mass is 9.99. The molecule has 1 fully saturated rings. The Morgan fingerprint density at radius 3 is 1.22 bits per heavy atom. The largest absolute Gasteiger partial charge is 0.454 e. The fraction of sp³-hybridized carbons (Fsp3) is 0.939. The summed E-state index contributed by atoms with van der Waals surface area (Å²) in [4.78, 5) is 26.6. The molecular formula is C66H127NO10. The van der Waals surface area contributed by atoms with Crippen molar-refractivity contribution < 1.29 is 49.3 Å². The standard InChI is InChI=1S/C66H127NO10/c1-4-7-10-13-16-19-22-25-27-28-29-30-31-32-33-34-35-38-41-44-47-50-53-59(70)65(74)67-57(58(69)52-49-46-43-40-37-24-21-18-15-12-9-6-3)56-75-66-64(63(73)62(72)60(55-68)76-66)77-61(71)54-51-48-45-42-39-36-26-23-20-17-14-11-8-5-2/h49,52,57-60,62-64,66,68-70,72-73H,4-48,50-51,53-56H2,1-3H3,(H,67,74)/b52-49+. The monoisotopic (exact) mass is 1090 g/mol. The van der Waals surface area contributed by atoms with Crippen molar-refractivity contribution in [2.24, 2.45) is 0 Å². The Kier molecular flexibility index (Phi) is 52.4. The maximum absolute atomic E-state index is 13.5. The zero-order valence-corrected chi connectivity index (χ0v) is 50.6. The molecule has 77 heavy (non-hydrogen) atoms. The van der Waals surface area contributed by atoms with E-state index in [2.05, 4.69) is 26.1 Å². The molecule has 8 atom stereocenters. The number of amides is 1. The van der Waals surface area contributed by atoms with Gasteiger partial charge in [0.1, 0.15) is 24.4 Å². The zero-order valence-electron chi connectivity index (χ0n) is 50.6. The van der Waals surface area contributed by atoms with Gasteiger partial charge in [0.2, 0.25) is 5.91 Å². The lowest BCUT2D eigenvalue weighted by molar-refractivity contribution is -0.305. The summed E-state index contributed by atoms with van der Waals surface area (Å²) in [5, 5.41) is 57.1. The van der Waals surface area contributed by atoms with E-state index in [1.54, 1.807) is 6.08 Å². The number of aliphatic hydroxyl groups excluding tert-OH is 5. The average molecular weight is 1090 g/mol. The van der Waals surface area contributed by atoms with Crippen molar-refractivity contribution in [1.29, 1.82) is 0 Å². The molecule has 0 radical (unpaired) electrons. The smallest absolute Gasteiger partial charge is 0.306 e. The lowest BCUT2D eigenvalue weighted by Gasteiger charge is -2.41. The summed E-state index contributed by atoms with van der Waals surface area (Å²) in [6.45, 7) is 5.84. The third-order valence-corrected chi connectivity index (χ3v) is 16.2. The summed E-state index contributed by atoms with van der Waals surface area (Å²) in [5.74, 6) is -1.17. The summed E-state index contributed by atoms with van der Waals surface area (Å²) < 4.78 is 17.6. The van der Waals surface area contributed by atoms with Crippen LogP contribution in [0.1, 0.15) is 335 Å². The van der Waals surface area contributed by atoms with Gasteiger partial charge < -0.3 is 45.1 Å². The van der Waals surface area contributed by atoms with Crippen LogP contribution in [0.4, 0.5) is 0 Å². The van der Waals surface area contributed by atoms with Crippen LogP contribution in [0.5, 0.6) is 0 Å². The highest BCUT2D eigenvalue weighted by atomic mass is 16.7. The third-order valence-electron chi connectivity index (χ3n) is 16.2. The minimum Gasteiger partial charge on any atom is -0.454 e. The molecule has 1 aliphatic rings. The molecule has 6 N–H and O–H groups in total. The van der Waals surface area contributed by atoms with Crippen LogP contribution in [0.15, 0.2) is 12.2 Å². The van der Waals surface area contributed by atoms with Crippen molar-refractivity contribution in [3.63, 3.8) is 0 Å². The number of carbonyl (C=O) groups is 2. The third kappa shape index (κ3) is 42.9. The molecule has 8 unspecified atom stereocenters. The first-order valence-electron chi connectivity index (χ1n) is 33.5. The number of allylic oxidation sites excluding steroid dienone is 1. The molecule has 1 heterocycles. The van der Waals surface area contributed by atoms with Crippen LogP contribution in [-0.4, -0.2) is 99.6 Å². The number of ether oxygens (including phenoxy) is 3. The first-order chi connectivity index (χ1) is 37.7. The van der Waals surface area contributed by atoms with Crippen LogP contribution in [0, 0.1) is 0 Å². The van der Waals surface area contributed by atoms with Gasteiger partial charge in [-0.3, -0.25) is 9.59 Å². The number of aliphatic hydroxyl groups is 5. The van der Waals surface area contributed by atoms with Gasteiger partial charge in [-0.05, 0) is 25.7 Å². The number of rotatable bonds is 58. The maximum atomic E-state index is 13.5. The van der Waals surface area contributed by atoms with E-state index in [0.717, 1.165) is 57.8 Å². The van der Waals surface area contributed by atoms with Crippen molar-refractivity contribution in [2.75, 3.05) is 13.2 Å². The average Bonchev–Trinajstić information content (AvgIpc) is 3.43. The molecule has 11 nitrogen and oxygen atoms in total. The predicted octanol–water partition coefficient (Wildman–Crippen LogP) is 16.3. The van der Waals surface area contributed by atoms with Crippen LogP contribution >= 0.6 is 0 Å². The van der Waals surface area contributed by atoms with Crippen molar-refractivity contribution in [2.45, 2.75) is 384 Å².